The van der Waals surface area contributed by atoms with Gasteiger partial charge in [-0.3, -0.25) is 0 Å². The SMILES string of the molecule is [C-]#[N+]c1ccc2c(c1)C(c1ccc(P(=O)(c3ccccc3)c3ccccc3)cc1)(c1ccc3c(c1)c1ccccc1n3-c1ccccc1)c1ccccc1-2. The van der Waals surface area contributed by atoms with Gasteiger partial charge in [0.25, 0.3) is 0 Å². The van der Waals surface area contributed by atoms with Crippen LogP contribution in [0.5, 0.6) is 0 Å². The topological polar surface area (TPSA) is 26.4 Å². The first-order valence-corrected chi connectivity index (χ1v) is 19.9. The first-order chi connectivity index (χ1) is 26.6. The Hall–Kier alpha value is -6.72. The van der Waals surface area contributed by atoms with Gasteiger partial charge in [0.05, 0.1) is 23.0 Å². The molecule has 3 nitrogen and oxygen atoms in total. The Morgan fingerprint density at radius 2 is 1.02 bits per heavy atom. The molecule has 1 atom stereocenters. The van der Waals surface area contributed by atoms with Gasteiger partial charge in [-0.15, -0.1) is 0 Å². The highest BCUT2D eigenvalue weighted by atomic mass is 31.2. The third kappa shape index (κ3) is 4.58. The van der Waals surface area contributed by atoms with Crippen LogP contribution in [0.3, 0.4) is 0 Å². The van der Waals surface area contributed by atoms with E-state index in [-0.39, 0.29) is 0 Å². The number of hydrogen-bond acceptors (Lipinski definition) is 1. The highest BCUT2D eigenvalue weighted by Crippen LogP contribution is 2.57. The van der Waals surface area contributed by atoms with Gasteiger partial charge < -0.3 is 9.13 Å². The van der Waals surface area contributed by atoms with Crippen LogP contribution in [0, 0.1) is 6.57 Å². The standard InChI is InChI=1S/C50H33N2OP/c1-51-37-28-31-43-42-21-11-13-23-46(42)50(47(43)34-37,35-25-29-41(30-26-35)54(53,39-17-7-3-8-18-39)40-19-9-4-10-20-40)36-27-32-49-45(33-36)44-22-12-14-24-48(44)52(49)38-15-5-2-6-16-38/h2-34H. The summed E-state index contributed by atoms with van der Waals surface area (Å²) in [5, 5.41) is 4.72. The molecule has 1 unspecified atom stereocenters. The van der Waals surface area contributed by atoms with E-state index in [1.165, 1.54) is 5.39 Å². The lowest BCUT2D eigenvalue weighted by molar-refractivity contribution is 0.592. The van der Waals surface area contributed by atoms with Gasteiger partial charge >= 0.3 is 0 Å². The largest absolute Gasteiger partial charge is 0.309 e. The molecule has 0 fully saturated rings. The van der Waals surface area contributed by atoms with Crippen molar-refractivity contribution in [2.75, 3.05) is 0 Å². The van der Waals surface area contributed by atoms with E-state index in [1.54, 1.807) is 0 Å². The summed E-state index contributed by atoms with van der Waals surface area (Å²) in [6, 6.07) is 68.9. The molecular formula is C50H33N2OP. The predicted octanol–water partition coefficient (Wildman–Crippen LogP) is 11.3. The van der Waals surface area contributed by atoms with Crippen LogP contribution < -0.4 is 15.9 Å². The van der Waals surface area contributed by atoms with Gasteiger partial charge in [0.2, 0.25) is 0 Å². The average Bonchev–Trinajstić information content (AvgIpc) is 3.74. The van der Waals surface area contributed by atoms with Gasteiger partial charge in [-0.1, -0.05) is 170 Å². The zero-order chi connectivity index (χ0) is 36.3. The number of nitrogens with zero attached hydrogens (tertiary/aromatic N) is 2. The van der Waals surface area contributed by atoms with Crippen LogP contribution in [-0.4, -0.2) is 4.57 Å². The summed E-state index contributed by atoms with van der Waals surface area (Å²) < 4.78 is 17.8. The lowest BCUT2D eigenvalue weighted by Gasteiger charge is -2.34. The molecule has 1 aliphatic rings. The highest BCUT2D eigenvalue weighted by molar-refractivity contribution is 7.85. The lowest BCUT2D eigenvalue weighted by Crippen LogP contribution is -2.30. The van der Waals surface area contributed by atoms with Crippen LogP contribution in [0.4, 0.5) is 5.69 Å². The Morgan fingerprint density at radius 3 is 1.72 bits per heavy atom. The van der Waals surface area contributed by atoms with Crippen molar-refractivity contribution >= 4 is 50.5 Å². The molecule has 0 saturated carbocycles. The maximum Gasteiger partial charge on any atom is 0.187 e. The molecule has 0 radical (unpaired) electrons. The van der Waals surface area contributed by atoms with E-state index in [1.807, 2.05) is 66.7 Å². The quantitative estimate of drug-likeness (QED) is 0.125. The fourth-order valence-corrected chi connectivity index (χ4v) is 11.5. The molecule has 1 heterocycles. The van der Waals surface area contributed by atoms with E-state index in [9.17, 15) is 0 Å². The summed E-state index contributed by atoms with van der Waals surface area (Å²) in [5.41, 5.74) is 9.91. The van der Waals surface area contributed by atoms with Crippen LogP contribution in [-0.2, 0) is 9.98 Å². The van der Waals surface area contributed by atoms with E-state index in [4.69, 9.17) is 6.57 Å². The number of benzene rings is 8. The first kappa shape index (κ1) is 32.0. The van der Waals surface area contributed by atoms with Gasteiger partial charge in [0.1, 0.15) is 0 Å². The first-order valence-electron chi connectivity index (χ1n) is 18.2. The average molecular weight is 709 g/mol. The van der Waals surface area contributed by atoms with Crippen LogP contribution in [0.1, 0.15) is 22.3 Å². The summed E-state index contributed by atoms with van der Waals surface area (Å²) in [4.78, 5) is 3.91. The van der Waals surface area contributed by atoms with Crippen molar-refractivity contribution in [2.45, 2.75) is 5.41 Å². The second kappa shape index (κ2) is 12.5. The van der Waals surface area contributed by atoms with Gasteiger partial charge in [-0.05, 0) is 63.7 Å². The second-order valence-corrected chi connectivity index (χ2v) is 16.7. The smallest absolute Gasteiger partial charge is 0.187 e. The fourth-order valence-electron chi connectivity index (χ4n) is 8.83. The molecule has 0 amide bonds. The summed E-state index contributed by atoms with van der Waals surface area (Å²) in [5.74, 6) is 0. The number of hydrogen-bond donors (Lipinski definition) is 0. The van der Waals surface area contributed by atoms with Gasteiger partial charge in [-0.25, -0.2) is 4.85 Å². The summed E-state index contributed by atoms with van der Waals surface area (Å²) in [6.45, 7) is 8.04. The molecular weight excluding hydrogens is 676 g/mol. The Morgan fingerprint density at radius 1 is 0.463 bits per heavy atom. The molecule has 9 aromatic rings. The van der Waals surface area contributed by atoms with Crippen molar-refractivity contribution in [3.05, 3.63) is 234 Å². The third-order valence-corrected chi connectivity index (χ3v) is 14.3. The van der Waals surface area contributed by atoms with Crippen molar-refractivity contribution in [1.29, 1.82) is 0 Å². The fraction of sp³-hybridized carbons (Fsp3) is 0.0200. The Kier molecular flexibility index (Phi) is 7.37. The Balaban J connectivity index is 1.27. The summed E-state index contributed by atoms with van der Waals surface area (Å²) >= 11 is 0. The Labute approximate surface area is 314 Å². The highest BCUT2D eigenvalue weighted by Gasteiger charge is 2.46. The predicted molar refractivity (Wildman–Crippen MR) is 224 cm³/mol. The van der Waals surface area contributed by atoms with Crippen molar-refractivity contribution < 1.29 is 4.57 Å². The van der Waals surface area contributed by atoms with E-state index < -0.39 is 12.6 Å². The minimum atomic E-state index is -3.20. The zero-order valence-corrected chi connectivity index (χ0v) is 30.2. The molecule has 8 aromatic carbocycles. The molecule has 1 aliphatic carbocycles. The van der Waals surface area contributed by atoms with Gasteiger partial charge in [0, 0.05) is 32.4 Å². The molecule has 1 aromatic heterocycles. The van der Waals surface area contributed by atoms with E-state index in [0.29, 0.717) is 5.69 Å². The number of rotatable bonds is 6. The van der Waals surface area contributed by atoms with Crippen LogP contribution >= 0.6 is 7.14 Å². The molecule has 4 heteroatoms. The van der Waals surface area contributed by atoms with Crippen molar-refractivity contribution in [3.8, 4) is 16.8 Å². The zero-order valence-electron chi connectivity index (χ0n) is 29.3. The maximum absolute atomic E-state index is 15.4. The number of aromatic nitrogens is 1. The van der Waals surface area contributed by atoms with Crippen molar-refractivity contribution in [3.63, 3.8) is 0 Å². The van der Waals surface area contributed by atoms with Gasteiger partial charge in [0.15, 0.2) is 12.8 Å². The minimum absolute atomic E-state index is 0.599. The van der Waals surface area contributed by atoms with Crippen molar-refractivity contribution in [1.82, 2.24) is 4.57 Å². The van der Waals surface area contributed by atoms with E-state index >= 15 is 4.57 Å². The lowest BCUT2D eigenvalue weighted by atomic mass is 9.67. The molecule has 0 spiro atoms. The molecule has 54 heavy (non-hydrogen) atoms. The van der Waals surface area contributed by atoms with Crippen molar-refractivity contribution in [2.24, 2.45) is 0 Å². The maximum atomic E-state index is 15.4. The normalized spacial score (nSPS) is 14.8. The molecule has 0 saturated heterocycles. The van der Waals surface area contributed by atoms with E-state index in [0.717, 1.165) is 71.4 Å². The summed E-state index contributed by atoms with van der Waals surface area (Å²) in [7, 11) is -3.20. The molecule has 0 aliphatic heterocycles. The molecule has 0 N–H and O–H groups in total. The Bertz CT molecular complexity index is 2920. The summed E-state index contributed by atoms with van der Waals surface area (Å²) in [6.07, 6.45) is 0. The third-order valence-electron chi connectivity index (χ3n) is 11.2. The molecule has 0 bridgehead atoms. The monoisotopic (exact) mass is 708 g/mol. The minimum Gasteiger partial charge on any atom is -0.309 e. The van der Waals surface area contributed by atoms with Crippen LogP contribution in [0.15, 0.2) is 200 Å². The molecule has 10 rings (SSSR count). The molecule has 254 valence electrons. The number of fused-ring (bicyclic) bond motifs is 6. The van der Waals surface area contributed by atoms with Crippen LogP contribution in [0.25, 0.3) is 43.5 Å². The number of para-hydroxylation sites is 2. The second-order valence-electron chi connectivity index (χ2n) is 13.9. The van der Waals surface area contributed by atoms with Crippen LogP contribution in [0.2, 0.25) is 0 Å². The van der Waals surface area contributed by atoms with Gasteiger partial charge in [-0.2, -0.15) is 0 Å². The van der Waals surface area contributed by atoms with E-state index in [2.05, 4.69) is 143 Å².